The molecule has 1 saturated heterocycles. The first-order valence-corrected chi connectivity index (χ1v) is 13.7. The summed E-state index contributed by atoms with van der Waals surface area (Å²) in [7, 11) is 0. The van der Waals surface area contributed by atoms with Crippen molar-refractivity contribution in [3.8, 4) is 0 Å². The Labute approximate surface area is 232 Å². The summed E-state index contributed by atoms with van der Waals surface area (Å²) < 4.78 is 0. The number of aromatic nitrogens is 2. The zero-order valence-electron chi connectivity index (χ0n) is 24.0. The number of nitrogens with zero attached hydrogens (tertiary/aromatic N) is 4. The van der Waals surface area contributed by atoms with Crippen molar-refractivity contribution in [2.45, 2.75) is 59.9 Å². The second kappa shape index (κ2) is 14.0. The molecule has 8 heteroatoms. The number of aliphatic hydroxyl groups is 1. The van der Waals surface area contributed by atoms with Crippen LogP contribution < -0.4 is 10.2 Å². The van der Waals surface area contributed by atoms with Crippen LogP contribution in [0.2, 0.25) is 0 Å². The summed E-state index contributed by atoms with van der Waals surface area (Å²) in [5.41, 5.74) is 4.97. The van der Waals surface area contributed by atoms with Crippen LogP contribution in [0.15, 0.2) is 77.2 Å². The van der Waals surface area contributed by atoms with Crippen molar-refractivity contribution < 1.29 is 14.7 Å². The molecule has 3 rings (SSSR count). The minimum atomic E-state index is -0.987. The highest BCUT2D eigenvalue weighted by atomic mass is 16.3. The van der Waals surface area contributed by atoms with Gasteiger partial charge in [0.15, 0.2) is 0 Å². The van der Waals surface area contributed by atoms with Gasteiger partial charge in [0, 0.05) is 44.6 Å². The van der Waals surface area contributed by atoms with E-state index in [1.807, 2.05) is 30.1 Å². The van der Waals surface area contributed by atoms with Crippen molar-refractivity contribution in [2.75, 3.05) is 37.7 Å². The lowest BCUT2D eigenvalue weighted by atomic mass is 9.72. The van der Waals surface area contributed by atoms with Gasteiger partial charge in [-0.05, 0) is 62.7 Å². The summed E-state index contributed by atoms with van der Waals surface area (Å²) in [6.07, 6.45) is 18.6. The molecule has 2 amide bonds. The van der Waals surface area contributed by atoms with Crippen molar-refractivity contribution in [3.05, 3.63) is 77.2 Å². The summed E-state index contributed by atoms with van der Waals surface area (Å²) in [4.78, 5) is 37.6. The van der Waals surface area contributed by atoms with Gasteiger partial charge >= 0.3 is 0 Å². The number of hydrogen-bond acceptors (Lipinski definition) is 6. The van der Waals surface area contributed by atoms with E-state index in [0.717, 1.165) is 11.1 Å². The highest BCUT2D eigenvalue weighted by molar-refractivity contribution is 5.93. The predicted octanol–water partition coefficient (Wildman–Crippen LogP) is 4.13. The number of anilines is 1. The molecule has 39 heavy (non-hydrogen) atoms. The molecule has 0 aromatic carbocycles. The largest absolute Gasteiger partial charge is 0.394 e. The van der Waals surface area contributed by atoms with Crippen LogP contribution in [0.1, 0.15) is 53.9 Å². The van der Waals surface area contributed by atoms with Crippen LogP contribution >= 0.6 is 0 Å². The van der Waals surface area contributed by atoms with Crippen LogP contribution in [0.3, 0.4) is 0 Å². The highest BCUT2D eigenvalue weighted by Gasteiger charge is 2.29. The van der Waals surface area contributed by atoms with Gasteiger partial charge in [0.2, 0.25) is 17.8 Å². The number of piperazine rings is 1. The van der Waals surface area contributed by atoms with E-state index in [1.54, 1.807) is 23.4 Å². The summed E-state index contributed by atoms with van der Waals surface area (Å²) in [6, 6.07) is 0.774. The van der Waals surface area contributed by atoms with Gasteiger partial charge in [-0.25, -0.2) is 9.97 Å². The topological polar surface area (TPSA) is 98.7 Å². The molecule has 1 aromatic rings. The summed E-state index contributed by atoms with van der Waals surface area (Å²) in [5, 5.41) is 12.4. The molecule has 1 aliphatic carbocycles. The number of hydrogen-bond donors (Lipinski definition) is 2. The Balaban J connectivity index is 1.51. The number of carbonyl (C=O) groups is 2. The van der Waals surface area contributed by atoms with E-state index in [1.165, 1.54) is 36.5 Å². The molecule has 2 N–H and O–H groups in total. The Morgan fingerprint density at radius 3 is 2.44 bits per heavy atom. The maximum Gasteiger partial charge on any atom is 0.247 e. The van der Waals surface area contributed by atoms with Gasteiger partial charge < -0.3 is 20.2 Å². The fourth-order valence-electron chi connectivity index (χ4n) is 5.09. The molecule has 0 saturated carbocycles. The lowest BCUT2D eigenvalue weighted by molar-refractivity contribution is -0.137. The van der Waals surface area contributed by atoms with Crippen LogP contribution in [0, 0.1) is 5.41 Å². The highest BCUT2D eigenvalue weighted by Crippen LogP contribution is 2.40. The maximum atomic E-state index is 12.9. The molecule has 2 heterocycles. The fourth-order valence-corrected chi connectivity index (χ4v) is 5.09. The summed E-state index contributed by atoms with van der Waals surface area (Å²) in [5.74, 6) is -0.0756. The summed E-state index contributed by atoms with van der Waals surface area (Å²) in [6.45, 7) is 12.4. The third kappa shape index (κ3) is 8.75. The molecular weight excluding hydrogens is 490 g/mol. The molecule has 1 fully saturated rings. The Hall–Kier alpha value is -3.52. The number of carbonyl (C=O) groups excluding carboxylic acids is 2. The maximum absolute atomic E-state index is 12.9. The third-order valence-corrected chi connectivity index (χ3v) is 7.36. The lowest BCUT2D eigenvalue weighted by Gasteiger charge is -2.36. The number of nitrogens with one attached hydrogen (secondary N) is 1. The normalized spacial score (nSPS) is 19.6. The van der Waals surface area contributed by atoms with Gasteiger partial charge in [-0.15, -0.1) is 0 Å². The second-order valence-corrected chi connectivity index (χ2v) is 11.0. The Morgan fingerprint density at radius 2 is 1.79 bits per heavy atom. The number of allylic oxidation sites excluding steroid dienone is 9. The Morgan fingerprint density at radius 1 is 1.10 bits per heavy atom. The van der Waals surface area contributed by atoms with Crippen LogP contribution in [0.25, 0.3) is 0 Å². The van der Waals surface area contributed by atoms with E-state index >= 15 is 0 Å². The van der Waals surface area contributed by atoms with Crippen LogP contribution in [-0.4, -0.2) is 70.6 Å². The van der Waals surface area contributed by atoms with Gasteiger partial charge in [-0.2, -0.15) is 0 Å². The van der Waals surface area contributed by atoms with Gasteiger partial charge in [0.1, 0.15) is 6.04 Å². The molecular formula is C31H43N5O3. The van der Waals surface area contributed by atoms with Gasteiger partial charge in [-0.3, -0.25) is 9.59 Å². The molecule has 0 radical (unpaired) electrons. The Bertz CT molecular complexity index is 1160. The third-order valence-electron chi connectivity index (χ3n) is 7.36. The van der Waals surface area contributed by atoms with Crippen molar-refractivity contribution >= 4 is 17.8 Å². The van der Waals surface area contributed by atoms with E-state index in [0.29, 0.717) is 32.1 Å². The average molecular weight is 534 g/mol. The molecule has 0 bridgehead atoms. The molecule has 210 valence electrons. The van der Waals surface area contributed by atoms with Crippen LogP contribution in [0.5, 0.6) is 0 Å². The first kappa shape index (κ1) is 30.0. The van der Waals surface area contributed by atoms with Crippen molar-refractivity contribution in [1.82, 2.24) is 20.2 Å². The van der Waals surface area contributed by atoms with Crippen molar-refractivity contribution in [1.29, 1.82) is 0 Å². The zero-order valence-corrected chi connectivity index (χ0v) is 24.0. The molecule has 2 aliphatic rings. The number of aliphatic hydroxyl groups excluding tert-OH is 1. The van der Waals surface area contributed by atoms with E-state index in [-0.39, 0.29) is 11.3 Å². The molecule has 8 nitrogen and oxygen atoms in total. The number of rotatable bonds is 9. The quantitative estimate of drug-likeness (QED) is 0.366. The van der Waals surface area contributed by atoms with E-state index < -0.39 is 18.6 Å². The average Bonchev–Trinajstić information content (AvgIpc) is 2.91. The lowest BCUT2D eigenvalue weighted by Crippen LogP contribution is -2.56. The fraction of sp³-hybridized carbons (Fsp3) is 0.484. The summed E-state index contributed by atoms with van der Waals surface area (Å²) >= 11 is 0. The minimum Gasteiger partial charge on any atom is -0.394 e. The SMILES string of the molecule is CC(C=CC1=C(C)CCCC1(C)C)=CC=CC(C)=CC(=O)NC(CO)C(=O)N1CCN(c2ncccn2)CC1. The first-order valence-electron chi connectivity index (χ1n) is 13.7. The monoisotopic (exact) mass is 533 g/mol. The molecule has 1 aliphatic heterocycles. The molecule has 1 aromatic heterocycles. The predicted molar refractivity (Wildman–Crippen MR) is 156 cm³/mol. The standard InChI is InChI=1S/C31H43N5O3/c1-23(12-13-26-25(3)11-7-14-31(26,4)5)9-6-10-24(2)21-28(38)34-27(22-37)29(39)35-17-19-36(20-18-35)30-32-15-8-16-33-30/h6,8-10,12-13,15-16,21,27,37H,7,11,14,17-20,22H2,1-5H3,(H,34,38). The van der Waals surface area contributed by atoms with Crippen LogP contribution in [-0.2, 0) is 9.59 Å². The van der Waals surface area contributed by atoms with Crippen LogP contribution in [0.4, 0.5) is 5.95 Å². The zero-order chi connectivity index (χ0) is 28.4. The second-order valence-electron chi connectivity index (χ2n) is 11.0. The van der Waals surface area contributed by atoms with Crippen molar-refractivity contribution in [3.63, 3.8) is 0 Å². The molecule has 0 spiro atoms. The van der Waals surface area contributed by atoms with Gasteiger partial charge in [-0.1, -0.05) is 55.4 Å². The number of amides is 2. The smallest absolute Gasteiger partial charge is 0.247 e. The van der Waals surface area contributed by atoms with Gasteiger partial charge in [0.25, 0.3) is 0 Å². The van der Waals surface area contributed by atoms with Gasteiger partial charge in [0.05, 0.1) is 6.61 Å². The first-order chi connectivity index (χ1) is 18.6. The van der Waals surface area contributed by atoms with Crippen molar-refractivity contribution in [2.24, 2.45) is 5.41 Å². The van der Waals surface area contributed by atoms with E-state index in [9.17, 15) is 14.7 Å². The van der Waals surface area contributed by atoms with E-state index in [2.05, 4.69) is 55.1 Å². The van der Waals surface area contributed by atoms with E-state index in [4.69, 9.17) is 0 Å². The Kier molecular flexibility index (Phi) is 10.8. The molecule has 1 atom stereocenters. The molecule has 1 unspecified atom stereocenters. The minimum absolute atomic E-state index is 0.209.